The van der Waals surface area contributed by atoms with Gasteiger partial charge in [0.25, 0.3) is 0 Å². The van der Waals surface area contributed by atoms with Gasteiger partial charge in [0.05, 0.1) is 19.3 Å². The number of aryl methyl sites for hydroxylation is 1. The third-order valence-electron chi connectivity index (χ3n) is 3.89. The number of hydrogen-bond donors (Lipinski definition) is 2. The van der Waals surface area contributed by atoms with Crippen LogP contribution in [0.15, 0.2) is 17.4 Å². The second-order valence-electron chi connectivity index (χ2n) is 5.86. The maximum absolute atomic E-state index is 11.7. The minimum absolute atomic E-state index is 0.227. The summed E-state index contributed by atoms with van der Waals surface area (Å²) in [5, 5.41) is 11.0. The first-order valence-corrected chi connectivity index (χ1v) is 8.44. The number of rotatable bonds is 6. The second kappa shape index (κ2) is 8.55. The van der Waals surface area contributed by atoms with E-state index in [2.05, 4.69) is 27.6 Å². The van der Waals surface area contributed by atoms with E-state index in [4.69, 9.17) is 0 Å². The minimum Gasteiger partial charge on any atom is -0.357 e. The summed E-state index contributed by atoms with van der Waals surface area (Å²) in [6.07, 6.45) is 5.41. The Morgan fingerprint density at radius 1 is 1.48 bits per heavy atom. The van der Waals surface area contributed by atoms with E-state index in [1.165, 1.54) is 0 Å². The SMILES string of the molecule is CCNC(=NCCn1cc(C)cn1)NC1CCN(C(=O)CC)C1. The maximum atomic E-state index is 11.7. The van der Waals surface area contributed by atoms with E-state index in [9.17, 15) is 4.79 Å². The van der Waals surface area contributed by atoms with Crippen molar-refractivity contribution >= 4 is 11.9 Å². The highest BCUT2D eigenvalue weighted by Crippen LogP contribution is 2.10. The number of nitrogens with zero attached hydrogens (tertiary/aromatic N) is 4. The Morgan fingerprint density at radius 3 is 2.96 bits per heavy atom. The molecule has 1 amide bonds. The topological polar surface area (TPSA) is 74.6 Å². The molecule has 1 aliphatic heterocycles. The van der Waals surface area contributed by atoms with Crippen LogP contribution in [-0.4, -0.2) is 58.8 Å². The zero-order valence-electron chi connectivity index (χ0n) is 14.4. The standard InChI is InChI=1S/C16H28N6O/c1-4-15(23)21-8-6-14(12-21)20-16(17-5-2)18-7-9-22-11-13(3)10-19-22/h10-11,14H,4-9,12H2,1-3H3,(H2,17,18,20). The van der Waals surface area contributed by atoms with E-state index in [0.29, 0.717) is 13.0 Å². The van der Waals surface area contributed by atoms with Crippen LogP contribution in [0.25, 0.3) is 0 Å². The fourth-order valence-corrected chi connectivity index (χ4v) is 2.70. The van der Waals surface area contributed by atoms with E-state index in [1.807, 2.05) is 35.8 Å². The highest BCUT2D eigenvalue weighted by atomic mass is 16.2. The quantitative estimate of drug-likeness (QED) is 0.599. The summed E-state index contributed by atoms with van der Waals surface area (Å²) in [5.74, 6) is 1.04. The number of carbonyl (C=O) groups excluding carboxylic acids is 1. The van der Waals surface area contributed by atoms with Crippen LogP contribution in [0.2, 0.25) is 0 Å². The predicted molar refractivity (Wildman–Crippen MR) is 91.4 cm³/mol. The first-order chi connectivity index (χ1) is 11.1. The van der Waals surface area contributed by atoms with Gasteiger partial charge in [0.1, 0.15) is 0 Å². The Kier molecular flexibility index (Phi) is 6.43. The van der Waals surface area contributed by atoms with Crippen molar-refractivity contribution in [2.45, 2.75) is 46.2 Å². The molecular formula is C16H28N6O. The van der Waals surface area contributed by atoms with Crippen LogP contribution in [0.4, 0.5) is 0 Å². The number of carbonyl (C=O) groups is 1. The normalized spacial score (nSPS) is 18.3. The van der Waals surface area contributed by atoms with Crippen LogP contribution in [0.5, 0.6) is 0 Å². The largest absolute Gasteiger partial charge is 0.357 e. The van der Waals surface area contributed by atoms with Gasteiger partial charge in [0.15, 0.2) is 5.96 Å². The molecule has 1 aliphatic rings. The van der Waals surface area contributed by atoms with E-state index in [-0.39, 0.29) is 11.9 Å². The van der Waals surface area contributed by atoms with Crippen LogP contribution in [0.3, 0.4) is 0 Å². The van der Waals surface area contributed by atoms with Crippen LogP contribution in [-0.2, 0) is 11.3 Å². The molecular weight excluding hydrogens is 292 g/mol. The van der Waals surface area contributed by atoms with Crippen LogP contribution in [0.1, 0.15) is 32.3 Å². The van der Waals surface area contributed by atoms with Gasteiger partial charge in [-0.1, -0.05) is 6.92 Å². The van der Waals surface area contributed by atoms with Crippen molar-refractivity contribution in [1.82, 2.24) is 25.3 Å². The molecule has 128 valence electrons. The number of guanidine groups is 1. The van der Waals surface area contributed by atoms with Gasteiger partial charge in [-0.2, -0.15) is 5.10 Å². The average molecular weight is 320 g/mol. The lowest BCUT2D eigenvalue weighted by molar-refractivity contribution is -0.129. The van der Waals surface area contributed by atoms with Crippen molar-refractivity contribution < 1.29 is 4.79 Å². The average Bonchev–Trinajstić information content (AvgIpc) is 3.16. The number of nitrogens with one attached hydrogen (secondary N) is 2. The summed E-state index contributed by atoms with van der Waals surface area (Å²) in [5.41, 5.74) is 1.16. The molecule has 0 saturated carbocycles. The summed E-state index contributed by atoms with van der Waals surface area (Å²) >= 11 is 0. The number of aromatic nitrogens is 2. The molecule has 1 saturated heterocycles. The fourth-order valence-electron chi connectivity index (χ4n) is 2.70. The summed E-state index contributed by atoms with van der Waals surface area (Å²) < 4.78 is 1.90. The zero-order valence-corrected chi connectivity index (χ0v) is 14.4. The molecule has 23 heavy (non-hydrogen) atoms. The van der Waals surface area contributed by atoms with Crippen molar-refractivity contribution in [3.8, 4) is 0 Å². The van der Waals surface area contributed by atoms with Crippen molar-refractivity contribution in [1.29, 1.82) is 0 Å². The summed E-state index contributed by atoms with van der Waals surface area (Å²) in [4.78, 5) is 18.3. The maximum Gasteiger partial charge on any atom is 0.222 e. The lowest BCUT2D eigenvalue weighted by Crippen LogP contribution is -2.45. The number of amides is 1. The summed E-state index contributed by atoms with van der Waals surface area (Å²) in [6, 6.07) is 0.273. The van der Waals surface area contributed by atoms with E-state index < -0.39 is 0 Å². The molecule has 7 nitrogen and oxygen atoms in total. The molecule has 2 heterocycles. The van der Waals surface area contributed by atoms with Crippen molar-refractivity contribution in [2.75, 3.05) is 26.2 Å². The highest BCUT2D eigenvalue weighted by molar-refractivity contribution is 5.80. The van der Waals surface area contributed by atoms with Gasteiger partial charge in [0, 0.05) is 38.3 Å². The third-order valence-corrected chi connectivity index (χ3v) is 3.89. The number of hydrogen-bond acceptors (Lipinski definition) is 3. The van der Waals surface area contributed by atoms with Gasteiger partial charge in [-0.3, -0.25) is 14.5 Å². The molecule has 2 rings (SSSR count). The van der Waals surface area contributed by atoms with Gasteiger partial charge < -0.3 is 15.5 Å². The molecule has 1 unspecified atom stereocenters. The molecule has 1 aromatic heterocycles. The molecule has 2 N–H and O–H groups in total. The molecule has 0 radical (unpaired) electrons. The zero-order chi connectivity index (χ0) is 16.7. The smallest absolute Gasteiger partial charge is 0.222 e. The highest BCUT2D eigenvalue weighted by Gasteiger charge is 2.25. The summed E-state index contributed by atoms with van der Waals surface area (Å²) in [7, 11) is 0. The first kappa shape index (κ1) is 17.3. The Balaban J connectivity index is 1.83. The van der Waals surface area contributed by atoms with Crippen molar-refractivity contribution in [2.24, 2.45) is 4.99 Å². The Morgan fingerprint density at radius 2 is 2.30 bits per heavy atom. The first-order valence-electron chi connectivity index (χ1n) is 8.44. The van der Waals surface area contributed by atoms with E-state index >= 15 is 0 Å². The molecule has 0 aromatic carbocycles. The molecule has 0 bridgehead atoms. The monoisotopic (exact) mass is 320 g/mol. The Bertz CT molecular complexity index is 538. The van der Waals surface area contributed by atoms with Gasteiger partial charge in [-0.05, 0) is 25.8 Å². The number of aliphatic imine (C=N–C) groups is 1. The van der Waals surface area contributed by atoms with Gasteiger partial charge in [-0.15, -0.1) is 0 Å². The van der Waals surface area contributed by atoms with Crippen LogP contribution >= 0.6 is 0 Å². The number of likely N-dealkylation sites (tertiary alicyclic amines) is 1. The molecule has 1 aromatic rings. The predicted octanol–water partition coefficient (Wildman–Crippen LogP) is 0.758. The molecule has 1 fully saturated rings. The van der Waals surface area contributed by atoms with Crippen molar-refractivity contribution in [3.63, 3.8) is 0 Å². The van der Waals surface area contributed by atoms with E-state index in [0.717, 1.165) is 44.1 Å². The second-order valence-corrected chi connectivity index (χ2v) is 5.86. The van der Waals surface area contributed by atoms with Gasteiger partial charge in [-0.25, -0.2) is 0 Å². The Labute approximate surface area is 138 Å². The summed E-state index contributed by atoms with van der Waals surface area (Å²) in [6.45, 7) is 9.82. The molecule has 0 spiro atoms. The fraction of sp³-hybridized carbons (Fsp3) is 0.688. The Hall–Kier alpha value is -2.05. The van der Waals surface area contributed by atoms with Crippen LogP contribution < -0.4 is 10.6 Å². The van der Waals surface area contributed by atoms with Gasteiger partial charge in [0.2, 0.25) is 5.91 Å². The third kappa shape index (κ3) is 5.26. The molecule has 7 heteroatoms. The molecule has 0 aliphatic carbocycles. The lowest BCUT2D eigenvalue weighted by Gasteiger charge is -2.18. The van der Waals surface area contributed by atoms with Gasteiger partial charge >= 0.3 is 0 Å². The molecule has 1 atom stereocenters. The minimum atomic E-state index is 0.227. The lowest BCUT2D eigenvalue weighted by atomic mass is 10.3. The van der Waals surface area contributed by atoms with Crippen molar-refractivity contribution in [3.05, 3.63) is 18.0 Å². The van der Waals surface area contributed by atoms with Crippen LogP contribution in [0, 0.1) is 6.92 Å². The van der Waals surface area contributed by atoms with E-state index in [1.54, 1.807) is 0 Å².